The van der Waals surface area contributed by atoms with Gasteiger partial charge >= 0.3 is 0 Å². The van der Waals surface area contributed by atoms with Crippen LogP contribution < -0.4 is 4.72 Å². The van der Waals surface area contributed by atoms with E-state index in [9.17, 15) is 8.42 Å². The summed E-state index contributed by atoms with van der Waals surface area (Å²) < 4.78 is 26.5. The summed E-state index contributed by atoms with van der Waals surface area (Å²) in [6.45, 7) is 0. The van der Waals surface area contributed by atoms with E-state index in [1.807, 2.05) is 30.3 Å². The van der Waals surface area contributed by atoms with E-state index in [1.165, 1.54) is 0 Å². The van der Waals surface area contributed by atoms with Crippen molar-refractivity contribution in [2.24, 2.45) is 0 Å². The summed E-state index contributed by atoms with van der Waals surface area (Å²) in [6, 6.07) is 9.23. The number of benzene rings is 1. The minimum atomic E-state index is -3.22. The average Bonchev–Trinajstić information content (AvgIpc) is 2.98. The smallest absolute Gasteiger partial charge is 0.212 e. The van der Waals surface area contributed by atoms with Gasteiger partial charge in [0.05, 0.1) is 5.75 Å². The molecule has 2 rings (SSSR count). The monoisotopic (exact) mass is 303 g/mol. The summed E-state index contributed by atoms with van der Waals surface area (Å²) in [5.41, 5.74) is 0.605. The second kappa shape index (κ2) is 4.47. The maximum absolute atomic E-state index is 11.9. The Morgan fingerprint density at radius 1 is 1.25 bits per heavy atom. The van der Waals surface area contributed by atoms with Gasteiger partial charge in [-0.2, -0.15) is 0 Å². The minimum Gasteiger partial charge on any atom is -0.212 e. The maximum Gasteiger partial charge on any atom is 0.216 e. The predicted octanol–water partition coefficient (Wildman–Crippen LogP) is 2.03. The van der Waals surface area contributed by atoms with Crippen LogP contribution in [0.15, 0.2) is 30.3 Å². The molecule has 1 aliphatic carbocycles. The second-order valence-electron chi connectivity index (χ2n) is 4.26. The van der Waals surface area contributed by atoms with E-state index in [1.54, 1.807) is 0 Å². The highest BCUT2D eigenvalue weighted by Gasteiger charge is 2.44. The molecule has 1 aromatic carbocycles. The van der Waals surface area contributed by atoms with Crippen LogP contribution in [-0.2, 0) is 15.8 Å². The molecule has 0 spiro atoms. The van der Waals surface area contributed by atoms with Crippen molar-refractivity contribution in [1.82, 2.24) is 4.72 Å². The molecule has 0 radical (unpaired) electrons. The Bertz CT molecular complexity index is 454. The largest absolute Gasteiger partial charge is 0.216 e. The molecule has 1 aliphatic rings. The lowest BCUT2D eigenvalue weighted by Gasteiger charge is -2.14. The van der Waals surface area contributed by atoms with Crippen molar-refractivity contribution in [2.75, 3.05) is 5.33 Å². The van der Waals surface area contributed by atoms with Crippen molar-refractivity contribution >= 4 is 26.0 Å². The first-order valence-corrected chi connectivity index (χ1v) is 7.94. The van der Waals surface area contributed by atoms with E-state index in [2.05, 4.69) is 20.7 Å². The molecule has 0 aromatic heterocycles. The molecular formula is C11H14BrNO2S. The molecule has 3 nitrogen and oxygen atoms in total. The van der Waals surface area contributed by atoms with Gasteiger partial charge in [0.2, 0.25) is 10.0 Å². The number of sulfonamides is 1. The summed E-state index contributed by atoms with van der Waals surface area (Å²) >= 11 is 3.34. The fourth-order valence-corrected chi connectivity index (χ4v) is 4.10. The third kappa shape index (κ3) is 3.06. The molecule has 0 unspecified atom stereocenters. The lowest BCUT2D eigenvalue weighted by atomic mass is 10.2. The van der Waals surface area contributed by atoms with Gasteiger partial charge < -0.3 is 0 Å². The van der Waals surface area contributed by atoms with Crippen LogP contribution in [-0.4, -0.2) is 19.3 Å². The highest BCUT2D eigenvalue weighted by Crippen LogP contribution is 2.37. The van der Waals surface area contributed by atoms with E-state index in [0.29, 0.717) is 5.33 Å². The fourth-order valence-electron chi connectivity index (χ4n) is 1.57. The standard InChI is InChI=1S/C11H14BrNO2S/c12-9-11(6-7-11)13-16(14,15)8-10-4-2-1-3-5-10/h1-5,13H,6-9H2. The molecule has 1 N–H and O–H groups in total. The Morgan fingerprint density at radius 3 is 2.38 bits per heavy atom. The van der Waals surface area contributed by atoms with Crippen molar-refractivity contribution in [3.05, 3.63) is 35.9 Å². The highest BCUT2D eigenvalue weighted by molar-refractivity contribution is 9.09. The molecule has 1 aromatic rings. The predicted molar refractivity (Wildman–Crippen MR) is 68.0 cm³/mol. The van der Waals surface area contributed by atoms with Gasteiger partial charge in [-0.3, -0.25) is 0 Å². The molecular weight excluding hydrogens is 290 g/mol. The lowest BCUT2D eigenvalue weighted by Crippen LogP contribution is -2.38. The third-order valence-electron chi connectivity index (χ3n) is 2.68. The fraction of sp³-hybridized carbons (Fsp3) is 0.455. The van der Waals surface area contributed by atoms with Crippen molar-refractivity contribution < 1.29 is 8.42 Å². The van der Waals surface area contributed by atoms with Crippen LogP contribution in [0, 0.1) is 0 Å². The minimum absolute atomic E-state index is 0.0581. The molecule has 0 bridgehead atoms. The number of hydrogen-bond acceptors (Lipinski definition) is 2. The Morgan fingerprint density at radius 2 is 1.88 bits per heavy atom. The zero-order chi connectivity index (χ0) is 11.6. The Balaban J connectivity index is 2.04. The third-order valence-corrected chi connectivity index (χ3v) is 5.21. The Labute approximate surface area is 104 Å². The van der Waals surface area contributed by atoms with E-state index in [0.717, 1.165) is 18.4 Å². The van der Waals surface area contributed by atoms with E-state index < -0.39 is 10.0 Å². The maximum atomic E-state index is 11.9. The lowest BCUT2D eigenvalue weighted by molar-refractivity contribution is 0.560. The number of alkyl halides is 1. The van der Waals surface area contributed by atoms with Crippen LogP contribution in [0.5, 0.6) is 0 Å². The van der Waals surface area contributed by atoms with E-state index >= 15 is 0 Å². The first-order chi connectivity index (χ1) is 7.55. The van der Waals surface area contributed by atoms with Crippen LogP contribution in [0.4, 0.5) is 0 Å². The molecule has 0 aliphatic heterocycles. The van der Waals surface area contributed by atoms with Crippen molar-refractivity contribution in [3.8, 4) is 0 Å². The van der Waals surface area contributed by atoms with Crippen molar-refractivity contribution in [3.63, 3.8) is 0 Å². The molecule has 1 fully saturated rings. The average molecular weight is 304 g/mol. The molecule has 0 amide bonds. The zero-order valence-corrected chi connectivity index (χ0v) is 11.2. The second-order valence-corrected chi connectivity index (χ2v) is 6.54. The SMILES string of the molecule is O=S(=O)(Cc1ccccc1)NC1(CBr)CC1. The van der Waals surface area contributed by atoms with Gasteiger partial charge in [0.1, 0.15) is 0 Å². The van der Waals surface area contributed by atoms with Crippen LogP contribution in [0.2, 0.25) is 0 Å². The molecule has 16 heavy (non-hydrogen) atoms. The molecule has 1 saturated carbocycles. The van der Waals surface area contributed by atoms with Gasteiger partial charge in [-0.25, -0.2) is 13.1 Å². The Kier molecular flexibility index (Phi) is 3.37. The van der Waals surface area contributed by atoms with Crippen LogP contribution in [0.3, 0.4) is 0 Å². The van der Waals surface area contributed by atoms with Gasteiger partial charge in [0.25, 0.3) is 0 Å². The van der Waals surface area contributed by atoms with Crippen molar-refractivity contribution in [2.45, 2.75) is 24.1 Å². The summed E-state index contributed by atoms with van der Waals surface area (Å²) in [6.07, 6.45) is 1.85. The summed E-state index contributed by atoms with van der Waals surface area (Å²) in [5, 5.41) is 0.689. The van der Waals surface area contributed by atoms with E-state index in [4.69, 9.17) is 0 Å². The van der Waals surface area contributed by atoms with Gasteiger partial charge in [-0.1, -0.05) is 46.3 Å². The zero-order valence-electron chi connectivity index (χ0n) is 8.82. The molecule has 88 valence electrons. The summed E-state index contributed by atoms with van der Waals surface area (Å²) in [7, 11) is -3.22. The normalized spacial score (nSPS) is 18.3. The van der Waals surface area contributed by atoms with Gasteiger partial charge in [-0.15, -0.1) is 0 Å². The molecule has 0 atom stereocenters. The highest BCUT2D eigenvalue weighted by atomic mass is 79.9. The molecule has 0 heterocycles. The molecule has 5 heteroatoms. The van der Waals surface area contributed by atoms with Crippen LogP contribution >= 0.6 is 15.9 Å². The number of hydrogen-bond donors (Lipinski definition) is 1. The van der Waals surface area contributed by atoms with Crippen LogP contribution in [0.25, 0.3) is 0 Å². The Hall–Kier alpha value is -0.390. The number of halogens is 1. The van der Waals surface area contributed by atoms with Gasteiger partial charge in [0, 0.05) is 10.9 Å². The number of nitrogens with one attached hydrogen (secondary N) is 1. The van der Waals surface area contributed by atoms with Crippen LogP contribution in [0.1, 0.15) is 18.4 Å². The van der Waals surface area contributed by atoms with Crippen molar-refractivity contribution in [1.29, 1.82) is 0 Å². The summed E-state index contributed by atoms with van der Waals surface area (Å²) in [5.74, 6) is 0.0581. The molecule has 0 saturated heterocycles. The number of rotatable bonds is 5. The first kappa shape index (κ1) is 12.1. The van der Waals surface area contributed by atoms with E-state index in [-0.39, 0.29) is 11.3 Å². The summed E-state index contributed by atoms with van der Waals surface area (Å²) in [4.78, 5) is 0. The quantitative estimate of drug-likeness (QED) is 0.846. The first-order valence-electron chi connectivity index (χ1n) is 5.17. The van der Waals surface area contributed by atoms with Gasteiger partial charge in [-0.05, 0) is 18.4 Å². The van der Waals surface area contributed by atoms with Gasteiger partial charge in [0.15, 0.2) is 0 Å². The topological polar surface area (TPSA) is 46.2 Å².